The van der Waals surface area contributed by atoms with Crippen molar-refractivity contribution in [1.29, 1.82) is 0 Å². The van der Waals surface area contributed by atoms with Gasteiger partial charge in [-0.1, -0.05) is 45.9 Å². The molecule has 0 radical (unpaired) electrons. The number of nitrogens with one attached hydrogen (secondary N) is 2. The number of rotatable bonds is 4. The fourth-order valence-electron chi connectivity index (χ4n) is 2.35. The van der Waals surface area contributed by atoms with Crippen molar-refractivity contribution in [2.24, 2.45) is 5.84 Å². The van der Waals surface area contributed by atoms with Crippen molar-refractivity contribution in [3.8, 4) is 0 Å². The van der Waals surface area contributed by atoms with Crippen LogP contribution in [0, 0.1) is 0 Å². The molecule has 0 atom stereocenters. The zero-order valence-corrected chi connectivity index (χ0v) is 13.1. The third-order valence-electron chi connectivity index (χ3n) is 3.42. The molecule has 0 spiro atoms. The Labute approximate surface area is 126 Å². The first kappa shape index (κ1) is 15.3. The summed E-state index contributed by atoms with van der Waals surface area (Å²) in [6.07, 6.45) is 2.30. The summed E-state index contributed by atoms with van der Waals surface area (Å²) in [7, 11) is 0. The lowest BCUT2D eigenvalue weighted by Crippen LogP contribution is -2.15. The van der Waals surface area contributed by atoms with E-state index in [2.05, 4.69) is 66.6 Å². The SMILES string of the molecule is CCc1c(NN)ncnc1Nc1ccccc1C(C)(C)C. The molecule has 0 aliphatic carbocycles. The minimum atomic E-state index is 0.0535. The first-order chi connectivity index (χ1) is 9.97. The van der Waals surface area contributed by atoms with Crippen LogP contribution in [-0.4, -0.2) is 9.97 Å². The molecule has 5 nitrogen and oxygen atoms in total. The van der Waals surface area contributed by atoms with Crippen molar-refractivity contribution >= 4 is 17.3 Å². The highest BCUT2D eigenvalue weighted by Crippen LogP contribution is 2.32. The Bertz CT molecular complexity index is 616. The molecule has 0 saturated carbocycles. The van der Waals surface area contributed by atoms with Gasteiger partial charge in [0.15, 0.2) is 0 Å². The van der Waals surface area contributed by atoms with Gasteiger partial charge < -0.3 is 10.7 Å². The number of aromatic nitrogens is 2. The normalized spacial score (nSPS) is 11.3. The fraction of sp³-hybridized carbons (Fsp3) is 0.375. The molecule has 1 aromatic carbocycles. The van der Waals surface area contributed by atoms with E-state index < -0.39 is 0 Å². The van der Waals surface area contributed by atoms with Gasteiger partial charge in [-0.2, -0.15) is 0 Å². The summed E-state index contributed by atoms with van der Waals surface area (Å²) in [4.78, 5) is 8.51. The van der Waals surface area contributed by atoms with Gasteiger partial charge in [-0.25, -0.2) is 15.8 Å². The molecule has 0 saturated heterocycles. The molecule has 0 unspecified atom stereocenters. The third-order valence-corrected chi connectivity index (χ3v) is 3.42. The molecule has 2 aromatic rings. The number of nitrogens with zero attached hydrogens (tertiary/aromatic N) is 2. The molecule has 0 aliphatic rings. The standard InChI is InChI=1S/C16H23N5/c1-5-11-14(18-10-19-15(11)21-17)20-13-9-7-6-8-12(13)16(2,3)4/h6-10H,5,17H2,1-4H3,(H2,18,19,20,21). The Morgan fingerprint density at radius 2 is 1.76 bits per heavy atom. The zero-order chi connectivity index (χ0) is 15.5. The largest absolute Gasteiger partial charge is 0.340 e. The van der Waals surface area contributed by atoms with Crippen LogP contribution in [0.15, 0.2) is 30.6 Å². The maximum atomic E-state index is 5.52. The van der Waals surface area contributed by atoms with Gasteiger partial charge in [0.1, 0.15) is 18.0 Å². The molecule has 0 bridgehead atoms. The predicted octanol–water partition coefficient (Wildman–Crippen LogP) is 3.37. The topological polar surface area (TPSA) is 75.9 Å². The number of nitrogens with two attached hydrogens (primary N) is 1. The minimum Gasteiger partial charge on any atom is -0.340 e. The highest BCUT2D eigenvalue weighted by atomic mass is 15.3. The fourth-order valence-corrected chi connectivity index (χ4v) is 2.35. The summed E-state index contributed by atoms with van der Waals surface area (Å²) in [6, 6.07) is 8.28. The number of hydrogen-bond donors (Lipinski definition) is 3. The number of benzene rings is 1. The minimum absolute atomic E-state index is 0.0535. The van der Waals surface area contributed by atoms with Gasteiger partial charge in [0.05, 0.1) is 0 Å². The van der Waals surface area contributed by atoms with E-state index in [1.54, 1.807) is 0 Å². The lowest BCUT2D eigenvalue weighted by Gasteiger charge is -2.24. The molecule has 0 amide bonds. The molecule has 0 fully saturated rings. The van der Waals surface area contributed by atoms with E-state index in [0.29, 0.717) is 5.82 Å². The van der Waals surface area contributed by atoms with Gasteiger partial charge in [-0.3, -0.25) is 0 Å². The van der Waals surface area contributed by atoms with Crippen molar-refractivity contribution in [2.45, 2.75) is 39.5 Å². The number of nitrogen functional groups attached to an aromatic ring is 1. The summed E-state index contributed by atoms with van der Waals surface area (Å²) in [5.74, 6) is 6.96. The molecule has 0 aliphatic heterocycles. The average molecular weight is 285 g/mol. The molecule has 1 aromatic heterocycles. The van der Waals surface area contributed by atoms with Crippen LogP contribution in [0.2, 0.25) is 0 Å². The first-order valence-electron chi connectivity index (χ1n) is 7.14. The second kappa shape index (κ2) is 6.10. The van der Waals surface area contributed by atoms with E-state index in [9.17, 15) is 0 Å². The smallest absolute Gasteiger partial charge is 0.148 e. The lowest BCUT2D eigenvalue weighted by atomic mass is 9.86. The van der Waals surface area contributed by atoms with Gasteiger partial charge in [0, 0.05) is 11.3 Å². The van der Waals surface area contributed by atoms with Crippen molar-refractivity contribution in [1.82, 2.24) is 9.97 Å². The Morgan fingerprint density at radius 3 is 2.38 bits per heavy atom. The van der Waals surface area contributed by atoms with Crippen LogP contribution in [0.5, 0.6) is 0 Å². The first-order valence-corrected chi connectivity index (χ1v) is 7.14. The third kappa shape index (κ3) is 3.31. The van der Waals surface area contributed by atoms with Gasteiger partial charge in [0.25, 0.3) is 0 Å². The summed E-state index contributed by atoms with van der Waals surface area (Å²) >= 11 is 0. The molecule has 21 heavy (non-hydrogen) atoms. The summed E-state index contributed by atoms with van der Waals surface area (Å²) in [5, 5.41) is 3.43. The van der Waals surface area contributed by atoms with Crippen LogP contribution in [0.3, 0.4) is 0 Å². The highest BCUT2D eigenvalue weighted by Gasteiger charge is 2.18. The van der Waals surface area contributed by atoms with E-state index in [1.165, 1.54) is 11.9 Å². The number of anilines is 3. The Morgan fingerprint density at radius 1 is 1.10 bits per heavy atom. The molecular weight excluding hydrogens is 262 g/mol. The van der Waals surface area contributed by atoms with Crippen molar-refractivity contribution in [2.75, 3.05) is 10.7 Å². The van der Waals surface area contributed by atoms with Gasteiger partial charge in [-0.15, -0.1) is 0 Å². The van der Waals surface area contributed by atoms with Crippen LogP contribution in [-0.2, 0) is 11.8 Å². The van der Waals surface area contributed by atoms with Crippen LogP contribution < -0.4 is 16.6 Å². The monoisotopic (exact) mass is 285 g/mol. The van der Waals surface area contributed by atoms with Crippen molar-refractivity contribution in [3.05, 3.63) is 41.7 Å². The second-order valence-electron chi connectivity index (χ2n) is 5.97. The van der Waals surface area contributed by atoms with Gasteiger partial charge in [-0.05, 0) is 23.5 Å². The molecule has 112 valence electrons. The van der Waals surface area contributed by atoms with Crippen LogP contribution in [0.25, 0.3) is 0 Å². The maximum absolute atomic E-state index is 5.52. The van der Waals surface area contributed by atoms with Gasteiger partial charge >= 0.3 is 0 Å². The molecule has 5 heteroatoms. The average Bonchev–Trinajstić information content (AvgIpc) is 2.46. The molecule has 4 N–H and O–H groups in total. The van der Waals surface area contributed by atoms with E-state index in [0.717, 1.165) is 23.5 Å². The molecular formula is C16H23N5. The van der Waals surface area contributed by atoms with E-state index in [4.69, 9.17) is 5.84 Å². The molecule has 1 heterocycles. The van der Waals surface area contributed by atoms with E-state index in [-0.39, 0.29) is 5.41 Å². The van der Waals surface area contributed by atoms with E-state index >= 15 is 0 Å². The van der Waals surface area contributed by atoms with Crippen LogP contribution >= 0.6 is 0 Å². The predicted molar refractivity (Wildman–Crippen MR) is 87.6 cm³/mol. The lowest BCUT2D eigenvalue weighted by molar-refractivity contribution is 0.592. The number of hydrazine groups is 1. The molecule has 2 rings (SSSR count). The summed E-state index contributed by atoms with van der Waals surface area (Å²) < 4.78 is 0. The Kier molecular flexibility index (Phi) is 4.43. The quantitative estimate of drug-likeness (QED) is 0.593. The Balaban J connectivity index is 2.44. The number of para-hydroxylation sites is 1. The van der Waals surface area contributed by atoms with Crippen LogP contribution in [0.1, 0.15) is 38.8 Å². The number of hydrogen-bond acceptors (Lipinski definition) is 5. The Hall–Kier alpha value is -2.14. The highest BCUT2D eigenvalue weighted by molar-refractivity contribution is 5.67. The second-order valence-corrected chi connectivity index (χ2v) is 5.97. The van der Waals surface area contributed by atoms with Crippen molar-refractivity contribution < 1.29 is 0 Å². The van der Waals surface area contributed by atoms with Crippen LogP contribution in [0.4, 0.5) is 17.3 Å². The van der Waals surface area contributed by atoms with Crippen molar-refractivity contribution in [3.63, 3.8) is 0 Å². The summed E-state index contributed by atoms with van der Waals surface area (Å²) in [6.45, 7) is 8.64. The summed E-state index contributed by atoms with van der Waals surface area (Å²) in [5.41, 5.74) is 5.96. The zero-order valence-electron chi connectivity index (χ0n) is 13.1. The van der Waals surface area contributed by atoms with Gasteiger partial charge in [0.2, 0.25) is 0 Å². The van der Waals surface area contributed by atoms with E-state index in [1.807, 2.05) is 6.07 Å². The maximum Gasteiger partial charge on any atom is 0.148 e.